The summed E-state index contributed by atoms with van der Waals surface area (Å²) < 4.78 is 10.8. The molecule has 1 fully saturated rings. The Labute approximate surface area is 191 Å². The van der Waals surface area contributed by atoms with Gasteiger partial charge in [0.05, 0.1) is 33.4 Å². The number of rotatable bonds is 5. The SMILES string of the molecule is CCOc1cc(/C=C2\SC(=Nc3ccc(C(=O)OC)cc3)N(C)C2=O)cc(I)c1O. The van der Waals surface area contributed by atoms with E-state index in [1.807, 2.05) is 29.5 Å². The Kier molecular flexibility index (Phi) is 7.03. The molecule has 0 saturated carbocycles. The average Bonchev–Trinajstić information content (AvgIpc) is 2.99. The molecule has 156 valence electrons. The van der Waals surface area contributed by atoms with E-state index in [2.05, 4.69) is 9.73 Å². The van der Waals surface area contributed by atoms with Crippen LogP contribution in [-0.2, 0) is 9.53 Å². The quantitative estimate of drug-likeness (QED) is 0.345. The second kappa shape index (κ2) is 9.52. The number of ether oxygens (including phenoxy) is 2. The molecular formula is C21H19IN2O5S. The summed E-state index contributed by atoms with van der Waals surface area (Å²) in [4.78, 5) is 30.7. The summed E-state index contributed by atoms with van der Waals surface area (Å²) in [6.45, 7) is 2.26. The van der Waals surface area contributed by atoms with Crippen LogP contribution < -0.4 is 4.74 Å². The number of thioether (sulfide) groups is 1. The first-order valence-corrected chi connectivity index (χ1v) is 10.8. The number of phenols is 1. The van der Waals surface area contributed by atoms with Crippen molar-refractivity contribution in [3.8, 4) is 11.5 Å². The number of carbonyl (C=O) groups excluding carboxylic acids is 2. The van der Waals surface area contributed by atoms with Gasteiger partial charge in [-0.15, -0.1) is 0 Å². The monoisotopic (exact) mass is 538 g/mol. The van der Waals surface area contributed by atoms with Crippen molar-refractivity contribution >= 4 is 63.2 Å². The number of hydrogen-bond acceptors (Lipinski definition) is 7. The highest BCUT2D eigenvalue weighted by Crippen LogP contribution is 2.37. The lowest BCUT2D eigenvalue weighted by Gasteiger charge is -2.09. The molecule has 0 aromatic heterocycles. The third-order valence-electron chi connectivity index (χ3n) is 4.17. The van der Waals surface area contributed by atoms with Crippen LogP contribution in [0.25, 0.3) is 6.08 Å². The fraction of sp³-hybridized carbons (Fsp3) is 0.190. The summed E-state index contributed by atoms with van der Waals surface area (Å²) >= 11 is 3.27. The third-order valence-corrected chi connectivity index (χ3v) is 6.05. The predicted octanol–water partition coefficient (Wildman–Crippen LogP) is 4.42. The van der Waals surface area contributed by atoms with Crippen molar-refractivity contribution in [2.75, 3.05) is 20.8 Å². The molecule has 9 heteroatoms. The smallest absolute Gasteiger partial charge is 0.337 e. The molecule has 1 amide bonds. The molecule has 1 saturated heterocycles. The molecule has 3 rings (SSSR count). The molecule has 1 heterocycles. The lowest BCUT2D eigenvalue weighted by atomic mass is 10.2. The van der Waals surface area contributed by atoms with Gasteiger partial charge in [-0.3, -0.25) is 9.69 Å². The molecule has 0 spiro atoms. The lowest BCUT2D eigenvalue weighted by Crippen LogP contribution is -2.23. The molecule has 2 aromatic carbocycles. The van der Waals surface area contributed by atoms with E-state index < -0.39 is 5.97 Å². The minimum atomic E-state index is -0.420. The van der Waals surface area contributed by atoms with Crippen molar-refractivity contribution in [2.45, 2.75) is 6.92 Å². The topological polar surface area (TPSA) is 88.4 Å². The van der Waals surface area contributed by atoms with E-state index in [-0.39, 0.29) is 11.7 Å². The van der Waals surface area contributed by atoms with E-state index >= 15 is 0 Å². The molecule has 0 unspecified atom stereocenters. The first-order chi connectivity index (χ1) is 14.3. The highest BCUT2D eigenvalue weighted by atomic mass is 127. The number of methoxy groups -OCH3 is 1. The normalized spacial score (nSPS) is 16.4. The van der Waals surface area contributed by atoms with Crippen molar-refractivity contribution in [3.63, 3.8) is 0 Å². The van der Waals surface area contributed by atoms with Gasteiger partial charge in [-0.2, -0.15) is 0 Å². The fourth-order valence-electron chi connectivity index (χ4n) is 2.65. The molecular weight excluding hydrogens is 519 g/mol. The Hall–Kier alpha value is -2.53. The van der Waals surface area contributed by atoms with Gasteiger partial charge in [0, 0.05) is 7.05 Å². The van der Waals surface area contributed by atoms with Gasteiger partial charge in [0.15, 0.2) is 16.7 Å². The minimum absolute atomic E-state index is 0.0831. The molecule has 2 aromatic rings. The Morgan fingerprint density at radius 1 is 1.30 bits per heavy atom. The van der Waals surface area contributed by atoms with Crippen LogP contribution in [0.15, 0.2) is 46.3 Å². The van der Waals surface area contributed by atoms with Gasteiger partial charge >= 0.3 is 5.97 Å². The Morgan fingerprint density at radius 2 is 2.00 bits per heavy atom. The second-order valence-electron chi connectivity index (χ2n) is 6.19. The number of aliphatic imine (C=N–C) groups is 1. The predicted molar refractivity (Wildman–Crippen MR) is 125 cm³/mol. The Bertz CT molecular complexity index is 1050. The molecule has 1 N–H and O–H groups in total. The maximum atomic E-state index is 12.7. The number of benzene rings is 2. The summed E-state index contributed by atoms with van der Waals surface area (Å²) in [5.41, 5.74) is 1.79. The van der Waals surface area contributed by atoms with Crippen LogP contribution in [0.2, 0.25) is 0 Å². The van der Waals surface area contributed by atoms with Crippen LogP contribution in [0.1, 0.15) is 22.8 Å². The number of aromatic hydroxyl groups is 1. The molecule has 0 atom stereocenters. The fourth-order valence-corrected chi connectivity index (χ4v) is 4.26. The molecule has 1 aliphatic rings. The number of hydrogen-bond donors (Lipinski definition) is 1. The Morgan fingerprint density at radius 3 is 2.63 bits per heavy atom. The highest BCUT2D eigenvalue weighted by Gasteiger charge is 2.30. The largest absolute Gasteiger partial charge is 0.504 e. The van der Waals surface area contributed by atoms with Gasteiger partial charge in [-0.05, 0) is 89.3 Å². The standard InChI is InChI=1S/C21H19IN2O5S/c1-4-29-16-10-12(9-15(22)18(16)25)11-17-19(26)24(2)21(30-17)23-14-7-5-13(6-8-14)20(27)28-3/h5-11,25H,4H2,1-3H3/b17-11-,23-21?. The van der Waals surface area contributed by atoms with Gasteiger partial charge in [0.2, 0.25) is 0 Å². The van der Waals surface area contributed by atoms with Crippen molar-refractivity contribution in [2.24, 2.45) is 4.99 Å². The van der Waals surface area contributed by atoms with E-state index in [0.717, 1.165) is 5.56 Å². The van der Waals surface area contributed by atoms with Gasteiger partial charge in [-0.1, -0.05) is 0 Å². The maximum absolute atomic E-state index is 12.7. The van der Waals surface area contributed by atoms with Gasteiger partial charge in [0.25, 0.3) is 5.91 Å². The number of phenolic OH excluding ortho intramolecular Hbond substituents is 1. The lowest BCUT2D eigenvalue weighted by molar-refractivity contribution is -0.121. The zero-order chi connectivity index (χ0) is 21.8. The van der Waals surface area contributed by atoms with Crippen LogP contribution >= 0.6 is 34.4 Å². The van der Waals surface area contributed by atoms with Gasteiger partial charge < -0.3 is 14.6 Å². The molecule has 1 aliphatic heterocycles. The number of esters is 1. The van der Waals surface area contributed by atoms with Crippen LogP contribution in [-0.4, -0.2) is 47.8 Å². The van der Waals surface area contributed by atoms with Crippen molar-refractivity contribution in [3.05, 3.63) is 56.0 Å². The first-order valence-electron chi connectivity index (χ1n) is 8.94. The number of halogens is 1. The number of likely N-dealkylation sites (N-methyl/N-ethyl adjacent to an activating group) is 1. The van der Waals surface area contributed by atoms with Crippen LogP contribution in [0.4, 0.5) is 5.69 Å². The molecule has 30 heavy (non-hydrogen) atoms. The number of amides is 1. The average molecular weight is 538 g/mol. The van der Waals surface area contributed by atoms with Crippen LogP contribution in [0.3, 0.4) is 0 Å². The van der Waals surface area contributed by atoms with E-state index in [1.54, 1.807) is 49.5 Å². The summed E-state index contributed by atoms with van der Waals surface area (Å²) in [5.74, 6) is -0.137. The van der Waals surface area contributed by atoms with Gasteiger partial charge in [-0.25, -0.2) is 9.79 Å². The summed E-state index contributed by atoms with van der Waals surface area (Å²) in [6.07, 6.45) is 1.75. The summed E-state index contributed by atoms with van der Waals surface area (Å²) in [7, 11) is 2.98. The maximum Gasteiger partial charge on any atom is 0.337 e. The van der Waals surface area contributed by atoms with Crippen LogP contribution in [0, 0.1) is 3.57 Å². The van der Waals surface area contributed by atoms with E-state index in [1.165, 1.54) is 23.8 Å². The number of carbonyl (C=O) groups is 2. The second-order valence-corrected chi connectivity index (χ2v) is 8.36. The highest BCUT2D eigenvalue weighted by molar-refractivity contribution is 14.1. The summed E-state index contributed by atoms with van der Waals surface area (Å²) in [5, 5.41) is 10.6. The van der Waals surface area contributed by atoms with E-state index in [4.69, 9.17) is 4.74 Å². The minimum Gasteiger partial charge on any atom is -0.504 e. The van der Waals surface area contributed by atoms with Crippen molar-refractivity contribution < 1.29 is 24.2 Å². The molecule has 0 aliphatic carbocycles. The van der Waals surface area contributed by atoms with Crippen molar-refractivity contribution in [1.29, 1.82) is 0 Å². The third kappa shape index (κ3) is 4.78. The molecule has 0 bridgehead atoms. The first kappa shape index (κ1) is 22.2. The zero-order valence-electron chi connectivity index (χ0n) is 16.5. The molecule has 0 radical (unpaired) electrons. The number of nitrogens with zero attached hydrogens (tertiary/aromatic N) is 2. The summed E-state index contributed by atoms with van der Waals surface area (Å²) in [6, 6.07) is 10.1. The van der Waals surface area contributed by atoms with Crippen LogP contribution in [0.5, 0.6) is 11.5 Å². The zero-order valence-corrected chi connectivity index (χ0v) is 19.5. The van der Waals surface area contributed by atoms with Crippen molar-refractivity contribution in [1.82, 2.24) is 4.90 Å². The van der Waals surface area contributed by atoms with E-state index in [9.17, 15) is 14.7 Å². The molecule has 7 nitrogen and oxygen atoms in total. The van der Waals surface area contributed by atoms with Gasteiger partial charge in [0.1, 0.15) is 0 Å². The van der Waals surface area contributed by atoms with E-state index in [0.29, 0.717) is 37.3 Å². The Balaban J connectivity index is 1.87. The number of amidine groups is 1.